The van der Waals surface area contributed by atoms with Crippen molar-refractivity contribution >= 4 is 10.8 Å². The topological polar surface area (TPSA) is 83.0 Å². The van der Waals surface area contributed by atoms with Crippen LogP contribution in [-0.4, -0.2) is 60.8 Å². The quantitative estimate of drug-likeness (QED) is 0.445. The van der Waals surface area contributed by atoms with Crippen molar-refractivity contribution in [1.82, 2.24) is 10.6 Å². The first-order valence-corrected chi connectivity index (χ1v) is 9.95. The second kappa shape index (κ2) is 11.2. The summed E-state index contributed by atoms with van der Waals surface area (Å²) < 4.78 is 11.4. The van der Waals surface area contributed by atoms with Gasteiger partial charge in [0.25, 0.3) is 0 Å². The van der Waals surface area contributed by atoms with Gasteiger partial charge in [-0.25, -0.2) is 0 Å². The summed E-state index contributed by atoms with van der Waals surface area (Å²) in [5, 5.41) is 28.3. The second-order valence-electron chi connectivity index (χ2n) is 7.73. The van der Waals surface area contributed by atoms with Crippen molar-refractivity contribution in [2.75, 3.05) is 26.3 Å². The summed E-state index contributed by atoms with van der Waals surface area (Å²) in [7, 11) is 0. The van der Waals surface area contributed by atoms with Gasteiger partial charge in [0.2, 0.25) is 0 Å². The SMILES string of the molecule is CC(C)NCC(O)COc1ccc2cc(OCC(O)CNC(C)C)ccc2c1. The summed E-state index contributed by atoms with van der Waals surface area (Å²) >= 11 is 0. The zero-order valence-electron chi connectivity index (χ0n) is 17.3. The molecule has 28 heavy (non-hydrogen) atoms. The van der Waals surface area contributed by atoms with Crippen LogP contribution in [0.1, 0.15) is 27.7 Å². The lowest BCUT2D eigenvalue weighted by Crippen LogP contribution is -2.35. The van der Waals surface area contributed by atoms with Crippen molar-refractivity contribution < 1.29 is 19.7 Å². The Balaban J connectivity index is 1.87. The van der Waals surface area contributed by atoms with E-state index in [0.717, 1.165) is 22.3 Å². The molecule has 2 atom stereocenters. The molecule has 0 saturated heterocycles. The van der Waals surface area contributed by atoms with Crippen LogP contribution in [0.2, 0.25) is 0 Å². The molecule has 0 spiro atoms. The van der Waals surface area contributed by atoms with Crippen LogP contribution in [0.4, 0.5) is 0 Å². The largest absolute Gasteiger partial charge is 0.491 e. The number of hydrogen-bond acceptors (Lipinski definition) is 6. The predicted octanol–water partition coefficient (Wildman–Crippen LogP) is 2.32. The highest BCUT2D eigenvalue weighted by atomic mass is 16.5. The molecule has 0 radical (unpaired) electrons. The summed E-state index contributed by atoms with van der Waals surface area (Å²) in [6.07, 6.45) is -1.10. The van der Waals surface area contributed by atoms with E-state index in [0.29, 0.717) is 25.2 Å². The molecule has 0 amide bonds. The lowest BCUT2D eigenvalue weighted by atomic mass is 10.1. The van der Waals surface area contributed by atoms with E-state index in [1.807, 2.05) is 64.1 Å². The molecular weight excluding hydrogens is 356 g/mol. The maximum absolute atomic E-state index is 9.95. The first kappa shape index (κ1) is 22.4. The Labute approximate surface area is 167 Å². The highest BCUT2D eigenvalue weighted by Gasteiger charge is 2.08. The zero-order chi connectivity index (χ0) is 20.5. The van der Waals surface area contributed by atoms with E-state index in [1.165, 1.54) is 0 Å². The third-order valence-corrected chi connectivity index (χ3v) is 4.19. The van der Waals surface area contributed by atoms with Crippen LogP contribution in [0.3, 0.4) is 0 Å². The standard InChI is InChI=1S/C22H34N2O4/c1-15(2)23-11-19(25)13-27-21-7-5-18-10-22(8-6-17(18)9-21)28-14-20(26)12-24-16(3)4/h5-10,15-16,19-20,23-26H,11-14H2,1-4H3. The molecule has 2 unspecified atom stereocenters. The molecule has 0 saturated carbocycles. The monoisotopic (exact) mass is 390 g/mol. The minimum absolute atomic E-state index is 0.245. The molecule has 0 fully saturated rings. The minimum Gasteiger partial charge on any atom is -0.491 e. The van der Waals surface area contributed by atoms with E-state index in [1.54, 1.807) is 0 Å². The van der Waals surface area contributed by atoms with Gasteiger partial charge in [0.05, 0.1) is 0 Å². The third kappa shape index (κ3) is 8.02. The second-order valence-corrected chi connectivity index (χ2v) is 7.73. The van der Waals surface area contributed by atoms with Crippen molar-refractivity contribution in [2.45, 2.75) is 52.0 Å². The molecule has 0 aliphatic rings. The molecule has 0 aliphatic heterocycles. The van der Waals surface area contributed by atoms with Crippen molar-refractivity contribution in [3.63, 3.8) is 0 Å². The van der Waals surface area contributed by atoms with Crippen molar-refractivity contribution in [3.05, 3.63) is 36.4 Å². The van der Waals surface area contributed by atoms with Crippen molar-refractivity contribution in [1.29, 1.82) is 0 Å². The fourth-order valence-electron chi connectivity index (χ4n) is 2.63. The fraction of sp³-hybridized carbons (Fsp3) is 0.545. The number of aliphatic hydroxyl groups excluding tert-OH is 2. The Hall–Kier alpha value is -1.86. The average molecular weight is 391 g/mol. The maximum Gasteiger partial charge on any atom is 0.120 e. The Morgan fingerprint density at radius 3 is 1.46 bits per heavy atom. The van der Waals surface area contributed by atoms with Gasteiger partial charge in [-0.3, -0.25) is 0 Å². The zero-order valence-corrected chi connectivity index (χ0v) is 17.3. The summed E-state index contributed by atoms with van der Waals surface area (Å²) in [4.78, 5) is 0. The number of aliphatic hydroxyl groups is 2. The van der Waals surface area contributed by atoms with E-state index in [2.05, 4.69) is 10.6 Å². The van der Waals surface area contributed by atoms with E-state index in [9.17, 15) is 10.2 Å². The predicted molar refractivity (Wildman–Crippen MR) is 113 cm³/mol. The fourth-order valence-corrected chi connectivity index (χ4v) is 2.63. The normalized spacial score (nSPS) is 13.9. The summed E-state index contributed by atoms with van der Waals surface area (Å²) in [5.41, 5.74) is 0. The maximum atomic E-state index is 9.95. The molecular formula is C22H34N2O4. The Morgan fingerprint density at radius 2 is 1.11 bits per heavy atom. The molecule has 6 nitrogen and oxygen atoms in total. The average Bonchev–Trinajstić information content (AvgIpc) is 2.67. The van der Waals surface area contributed by atoms with Crippen LogP contribution in [-0.2, 0) is 0 Å². The third-order valence-electron chi connectivity index (χ3n) is 4.19. The van der Waals surface area contributed by atoms with Crippen LogP contribution in [0.5, 0.6) is 11.5 Å². The highest BCUT2D eigenvalue weighted by molar-refractivity contribution is 5.85. The van der Waals surface area contributed by atoms with Gasteiger partial charge in [-0.05, 0) is 35.0 Å². The van der Waals surface area contributed by atoms with Gasteiger partial charge in [0.15, 0.2) is 0 Å². The van der Waals surface area contributed by atoms with Gasteiger partial charge in [-0.1, -0.05) is 39.8 Å². The Bertz CT molecular complexity index is 659. The van der Waals surface area contributed by atoms with Crippen LogP contribution < -0.4 is 20.1 Å². The molecule has 0 aromatic heterocycles. The van der Waals surface area contributed by atoms with Gasteiger partial charge in [-0.15, -0.1) is 0 Å². The number of hydrogen-bond donors (Lipinski definition) is 4. The van der Waals surface area contributed by atoms with Crippen molar-refractivity contribution in [2.24, 2.45) is 0 Å². The van der Waals surface area contributed by atoms with Gasteiger partial charge in [0.1, 0.15) is 36.9 Å². The molecule has 2 aromatic carbocycles. The lowest BCUT2D eigenvalue weighted by Gasteiger charge is -2.16. The van der Waals surface area contributed by atoms with E-state index in [4.69, 9.17) is 9.47 Å². The van der Waals surface area contributed by atoms with E-state index in [-0.39, 0.29) is 13.2 Å². The number of fused-ring (bicyclic) bond motifs is 1. The molecule has 4 N–H and O–H groups in total. The van der Waals surface area contributed by atoms with Crippen LogP contribution in [0.25, 0.3) is 10.8 Å². The molecule has 156 valence electrons. The summed E-state index contributed by atoms with van der Waals surface area (Å²) in [5.74, 6) is 1.44. The van der Waals surface area contributed by atoms with E-state index >= 15 is 0 Å². The Morgan fingerprint density at radius 1 is 0.714 bits per heavy atom. The number of nitrogens with one attached hydrogen (secondary N) is 2. The van der Waals surface area contributed by atoms with Crippen LogP contribution in [0.15, 0.2) is 36.4 Å². The van der Waals surface area contributed by atoms with Crippen LogP contribution >= 0.6 is 0 Å². The smallest absolute Gasteiger partial charge is 0.120 e. The van der Waals surface area contributed by atoms with Gasteiger partial charge in [0, 0.05) is 25.2 Å². The number of benzene rings is 2. The molecule has 2 rings (SSSR count). The molecule has 0 heterocycles. The number of ether oxygens (including phenoxy) is 2. The minimum atomic E-state index is -0.550. The van der Waals surface area contributed by atoms with Gasteiger partial charge in [-0.2, -0.15) is 0 Å². The lowest BCUT2D eigenvalue weighted by molar-refractivity contribution is 0.104. The highest BCUT2D eigenvalue weighted by Crippen LogP contribution is 2.25. The van der Waals surface area contributed by atoms with Gasteiger partial charge >= 0.3 is 0 Å². The molecule has 0 aliphatic carbocycles. The first-order valence-electron chi connectivity index (χ1n) is 9.95. The molecule has 2 aromatic rings. The number of rotatable bonds is 12. The molecule has 0 bridgehead atoms. The summed E-state index contributed by atoms with van der Waals surface area (Å²) in [6.45, 7) is 9.66. The van der Waals surface area contributed by atoms with Crippen molar-refractivity contribution in [3.8, 4) is 11.5 Å². The van der Waals surface area contributed by atoms with E-state index < -0.39 is 12.2 Å². The van der Waals surface area contributed by atoms with Crippen LogP contribution in [0, 0.1) is 0 Å². The summed E-state index contributed by atoms with van der Waals surface area (Å²) in [6, 6.07) is 12.3. The Kier molecular flexibility index (Phi) is 8.99. The molecule has 6 heteroatoms. The van der Waals surface area contributed by atoms with Gasteiger partial charge < -0.3 is 30.3 Å². The first-order chi connectivity index (χ1) is 13.3.